The van der Waals surface area contributed by atoms with Crippen LogP contribution in [0.3, 0.4) is 0 Å². The van der Waals surface area contributed by atoms with Crippen molar-refractivity contribution in [3.8, 4) is 11.3 Å². The van der Waals surface area contributed by atoms with Gasteiger partial charge in [0.05, 0.1) is 5.56 Å². The molecule has 2 aromatic heterocycles. The van der Waals surface area contributed by atoms with Crippen molar-refractivity contribution >= 4 is 21.9 Å². The summed E-state index contributed by atoms with van der Waals surface area (Å²) in [7, 11) is 2.10. The Labute approximate surface area is 136 Å². The molecule has 0 atom stereocenters. The number of aromatic nitrogens is 1. The molecular formula is C21H20NO+. The van der Waals surface area contributed by atoms with Crippen LogP contribution in [0.15, 0.2) is 53.1 Å². The average molecular weight is 302 g/mol. The van der Waals surface area contributed by atoms with Crippen LogP contribution in [0.5, 0.6) is 0 Å². The van der Waals surface area contributed by atoms with Crippen molar-refractivity contribution in [2.24, 2.45) is 7.05 Å². The highest BCUT2D eigenvalue weighted by Gasteiger charge is 2.21. The van der Waals surface area contributed by atoms with Gasteiger partial charge >= 0.3 is 0 Å². The summed E-state index contributed by atoms with van der Waals surface area (Å²) in [6, 6.07) is 14.9. The first-order chi connectivity index (χ1) is 11.1. The van der Waals surface area contributed by atoms with Crippen molar-refractivity contribution in [3.63, 3.8) is 0 Å². The minimum absolute atomic E-state index is 0.945. The van der Waals surface area contributed by atoms with Gasteiger partial charge in [-0.2, -0.15) is 0 Å². The number of nitrogens with zero attached hydrogens (tertiary/aromatic N) is 1. The molecule has 4 rings (SSSR count). The fourth-order valence-corrected chi connectivity index (χ4v) is 3.34. The first-order valence-corrected chi connectivity index (χ1v) is 7.94. The zero-order valence-electron chi connectivity index (χ0n) is 14.0. The molecule has 0 N–H and O–H groups in total. The fraction of sp³-hybridized carbons (Fsp3) is 0.190. The van der Waals surface area contributed by atoms with Crippen LogP contribution in [0.2, 0.25) is 0 Å². The molecular weight excluding hydrogens is 282 g/mol. The largest absolute Gasteiger partial charge is 0.455 e. The van der Waals surface area contributed by atoms with Crippen molar-refractivity contribution < 1.29 is 8.98 Å². The van der Waals surface area contributed by atoms with E-state index in [1.807, 2.05) is 12.1 Å². The first-order valence-electron chi connectivity index (χ1n) is 7.94. The summed E-state index contributed by atoms with van der Waals surface area (Å²) in [6.45, 7) is 6.46. The van der Waals surface area contributed by atoms with E-state index in [1.54, 1.807) is 0 Å². The van der Waals surface area contributed by atoms with Crippen LogP contribution in [0.4, 0.5) is 0 Å². The van der Waals surface area contributed by atoms with Crippen molar-refractivity contribution in [2.75, 3.05) is 0 Å². The number of furan rings is 1. The van der Waals surface area contributed by atoms with Gasteiger partial charge in [0.15, 0.2) is 6.20 Å². The highest BCUT2D eigenvalue weighted by Crippen LogP contribution is 2.36. The maximum Gasteiger partial charge on any atom is 0.216 e. The summed E-state index contributed by atoms with van der Waals surface area (Å²) in [5, 5.41) is 2.36. The number of pyridine rings is 1. The summed E-state index contributed by atoms with van der Waals surface area (Å²) in [6.07, 6.45) is 2.19. The normalized spacial score (nSPS) is 11.5. The Morgan fingerprint density at radius 1 is 0.826 bits per heavy atom. The Bertz CT molecular complexity index is 1060. The number of rotatable bonds is 1. The van der Waals surface area contributed by atoms with E-state index >= 15 is 0 Å². The molecule has 0 spiro atoms. The van der Waals surface area contributed by atoms with E-state index in [4.69, 9.17) is 4.42 Å². The molecule has 0 saturated carbocycles. The topological polar surface area (TPSA) is 17.0 Å². The molecule has 0 saturated heterocycles. The zero-order chi connectivity index (χ0) is 16.1. The van der Waals surface area contributed by atoms with Gasteiger partial charge in [-0.25, -0.2) is 4.57 Å². The van der Waals surface area contributed by atoms with E-state index in [2.05, 4.69) is 68.9 Å². The molecule has 23 heavy (non-hydrogen) atoms. The van der Waals surface area contributed by atoms with Gasteiger partial charge in [0.2, 0.25) is 5.69 Å². The second-order valence-electron chi connectivity index (χ2n) is 6.37. The Morgan fingerprint density at radius 3 is 2.43 bits per heavy atom. The Hall–Kier alpha value is -2.61. The van der Waals surface area contributed by atoms with Crippen LogP contribution < -0.4 is 4.57 Å². The third-order valence-electron chi connectivity index (χ3n) is 4.75. The van der Waals surface area contributed by atoms with E-state index in [-0.39, 0.29) is 0 Å². The highest BCUT2D eigenvalue weighted by atomic mass is 16.3. The molecule has 0 radical (unpaired) electrons. The molecule has 114 valence electrons. The molecule has 0 amide bonds. The number of fused-ring (bicyclic) bond motifs is 3. The van der Waals surface area contributed by atoms with Gasteiger partial charge in [-0.1, -0.05) is 30.3 Å². The summed E-state index contributed by atoms with van der Waals surface area (Å²) in [4.78, 5) is 0. The second-order valence-corrected chi connectivity index (χ2v) is 6.37. The maximum absolute atomic E-state index is 6.23. The van der Waals surface area contributed by atoms with Crippen LogP contribution in [0, 0.1) is 20.8 Å². The third-order valence-corrected chi connectivity index (χ3v) is 4.75. The number of aryl methyl sites for hydroxylation is 4. The predicted octanol–water partition coefficient (Wildman–Crippen LogP) is 5.00. The molecule has 2 heteroatoms. The van der Waals surface area contributed by atoms with Crippen molar-refractivity contribution in [3.05, 3.63) is 65.4 Å². The van der Waals surface area contributed by atoms with Gasteiger partial charge in [0, 0.05) is 22.4 Å². The van der Waals surface area contributed by atoms with Crippen molar-refractivity contribution in [2.45, 2.75) is 20.8 Å². The second kappa shape index (κ2) is 4.95. The van der Waals surface area contributed by atoms with Crippen LogP contribution in [-0.2, 0) is 7.05 Å². The number of hydrogen-bond acceptors (Lipinski definition) is 1. The van der Waals surface area contributed by atoms with Crippen LogP contribution in [-0.4, -0.2) is 0 Å². The van der Waals surface area contributed by atoms with E-state index < -0.39 is 0 Å². The minimum Gasteiger partial charge on any atom is -0.455 e. The van der Waals surface area contributed by atoms with Gasteiger partial charge < -0.3 is 4.42 Å². The molecule has 2 aromatic carbocycles. The molecule has 0 aliphatic rings. The Balaban J connectivity index is 2.15. The number of hydrogen-bond donors (Lipinski definition) is 0. The molecule has 4 aromatic rings. The molecule has 0 aliphatic heterocycles. The molecule has 0 aliphatic carbocycles. The maximum atomic E-state index is 6.23. The lowest BCUT2D eigenvalue weighted by Gasteiger charge is -2.07. The van der Waals surface area contributed by atoms with E-state index in [0.29, 0.717) is 0 Å². The molecule has 0 unspecified atom stereocenters. The van der Waals surface area contributed by atoms with Gasteiger partial charge in [-0.05, 0) is 38.0 Å². The Morgan fingerprint density at radius 2 is 1.61 bits per heavy atom. The lowest BCUT2D eigenvalue weighted by atomic mass is 9.99. The highest BCUT2D eigenvalue weighted by molar-refractivity contribution is 6.09. The van der Waals surface area contributed by atoms with Crippen LogP contribution in [0.25, 0.3) is 33.2 Å². The lowest BCUT2D eigenvalue weighted by molar-refractivity contribution is -0.660. The zero-order valence-corrected chi connectivity index (χ0v) is 14.0. The summed E-state index contributed by atoms with van der Waals surface area (Å²) >= 11 is 0. The fourth-order valence-electron chi connectivity index (χ4n) is 3.34. The van der Waals surface area contributed by atoms with E-state index in [9.17, 15) is 0 Å². The third kappa shape index (κ3) is 2.06. The van der Waals surface area contributed by atoms with Gasteiger partial charge in [0.1, 0.15) is 18.2 Å². The lowest BCUT2D eigenvalue weighted by Crippen LogP contribution is -2.31. The standard InChI is InChI=1S/C21H20NO/c1-13-9-10-17-16-7-5-6-8-19(16)23-21(17)20(13)18-11-14(2)15(3)12-22(18)4/h5-12H,1-4H3/q+1. The molecule has 0 bridgehead atoms. The quantitative estimate of drug-likeness (QED) is 0.452. The minimum atomic E-state index is 0.945. The monoisotopic (exact) mass is 302 g/mol. The first kappa shape index (κ1) is 14.0. The van der Waals surface area contributed by atoms with E-state index in [1.165, 1.54) is 38.7 Å². The Kier molecular flexibility index (Phi) is 3.02. The summed E-state index contributed by atoms with van der Waals surface area (Å²) < 4.78 is 8.42. The average Bonchev–Trinajstić information content (AvgIpc) is 2.90. The summed E-state index contributed by atoms with van der Waals surface area (Å²) in [5.74, 6) is 0. The number of benzene rings is 2. The molecule has 0 fully saturated rings. The van der Waals surface area contributed by atoms with Crippen molar-refractivity contribution in [1.82, 2.24) is 0 Å². The molecule has 2 heterocycles. The van der Waals surface area contributed by atoms with Gasteiger partial charge in [-0.3, -0.25) is 0 Å². The van der Waals surface area contributed by atoms with Crippen LogP contribution >= 0.6 is 0 Å². The van der Waals surface area contributed by atoms with E-state index in [0.717, 1.165) is 11.2 Å². The smallest absolute Gasteiger partial charge is 0.216 e. The SMILES string of the molecule is Cc1cc(-c2c(C)ccc3c2oc2ccccc23)[n+](C)cc1C. The van der Waals surface area contributed by atoms with Gasteiger partial charge in [-0.15, -0.1) is 0 Å². The summed E-state index contributed by atoms with van der Waals surface area (Å²) in [5.41, 5.74) is 8.12. The predicted molar refractivity (Wildman–Crippen MR) is 94.5 cm³/mol. The van der Waals surface area contributed by atoms with Crippen molar-refractivity contribution in [1.29, 1.82) is 0 Å². The molecule has 2 nitrogen and oxygen atoms in total. The van der Waals surface area contributed by atoms with Gasteiger partial charge in [0.25, 0.3) is 0 Å². The number of para-hydroxylation sites is 1. The van der Waals surface area contributed by atoms with Crippen LogP contribution in [0.1, 0.15) is 16.7 Å².